The zero-order valence-electron chi connectivity index (χ0n) is 18.6. The number of nitrogens with zero attached hydrogens (tertiary/aromatic N) is 4. The molecular formula is C20H31N7O4. The molecule has 0 radical (unpaired) electrons. The number of amides is 1. The van der Waals surface area contributed by atoms with Crippen LogP contribution < -0.4 is 16.6 Å². The second-order valence-corrected chi connectivity index (χ2v) is 9.18. The number of aromatic amines is 1. The van der Waals surface area contributed by atoms with E-state index in [0.717, 1.165) is 0 Å². The molecule has 1 aliphatic rings. The molecule has 2 atom stereocenters. The highest BCUT2D eigenvalue weighted by molar-refractivity contribution is 5.91. The molecule has 0 aromatic carbocycles. The Labute approximate surface area is 180 Å². The Morgan fingerprint density at radius 3 is 2.71 bits per heavy atom. The molecule has 11 nitrogen and oxygen atoms in total. The third kappa shape index (κ3) is 5.28. The van der Waals surface area contributed by atoms with E-state index in [2.05, 4.69) is 20.3 Å². The topological polar surface area (TPSA) is 148 Å². The highest BCUT2D eigenvalue weighted by atomic mass is 16.6. The molecule has 170 valence electrons. The van der Waals surface area contributed by atoms with Gasteiger partial charge in [0.2, 0.25) is 11.9 Å². The summed E-state index contributed by atoms with van der Waals surface area (Å²) in [6, 6.07) is -0.0963. The molecule has 2 aromatic heterocycles. The van der Waals surface area contributed by atoms with Gasteiger partial charge in [-0.3, -0.25) is 29.6 Å². The van der Waals surface area contributed by atoms with Gasteiger partial charge in [-0.2, -0.15) is 4.98 Å². The predicted molar refractivity (Wildman–Crippen MR) is 116 cm³/mol. The number of ether oxygens (including phenoxy) is 1. The first-order valence-corrected chi connectivity index (χ1v) is 10.4. The molecule has 1 fully saturated rings. The number of rotatable bonds is 6. The normalized spacial score (nSPS) is 19.8. The highest BCUT2D eigenvalue weighted by Crippen LogP contribution is 2.29. The molecule has 0 saturated carbocycles. The van der Waals surface area contributed by atoms with Gasteiger partial charge < -0.3 is 15.0 Å². The smallest absolute Gasteiger partial charge is 0.320 e. The number of aromatic nitrogens is 4. The molecule has 31 heavy (non-hydrogen) atoms. The van der Waals surface area contributed by atoms with E-state index < -0.39 is 11.2 Å². The molecule has 0 spiro atoms. The first kappa shape index (κ1) is 22.9. The number of likely N-dealkylation sites (tertiary alicyclic amines) is 1. The molecule has 11 heteroatoms. The van der Waals surface area contributed by atoms with Crippen LogP contribution in [0, 0.1) is 5.92 Å². The van der Waals surface area contributed by atoms with Gasteiger partial charge in [0.25, 0.3) is 5.56 Å². The van der Waals surface area contributed by atoms with Crippen LogP contribution in [-0.2, 0) is 14.3 Å². The number of H-pyrrole nitrogens is 1. The standard InChI is InChI=1S/C20H31N7O4/c1-11(2)17(29)24-19-23-16-15(18(30)25-19)22-10-27(16)13-6-12(7-21)26(8-13)9-14(28)31-20(3,4)5/h10-13H,6-9,21H2,1-5H3,(H2,23,24,25,29,30)/t12-,13-/m1/s1. The molecule has 3 rings (SSSR count). The summed E-state index contributed by atoms with van der Waals surface area (Å²) in [4.78, 5) is 49.9. The number of esters is 1. The predicted octanol–water partition coefficient (Wildman–Crippen LogP) is 0.630. The zero-order chi connectivity index (χ0) is 22.9. The van der Waals surface area contributed by atoms with E-state index in [4.69, 9.17) is 10.5 Å². The second kappa shape index (κ2) is 8.75. The van der Waals surface area contributed by atoms with Gasteiger partial charge in [0.1, 0.15) is 5.60 Å². The average molecular weight is 434 g/mol. The largest absolute Gasteiger partial charge is 0.459 e. The van der Waals surface area contributed by atoms with Crippen LogP contribution >= 0.6 is 0 Å². The van der Waals surface area contributed by atoms with E-state index in [1.165, 1.54) is 0 Å². The molecule has 1 aliphatic heterocycles. The fourth-order valence-electron chi connectivity index (χ4n) is 3.65. The highest BCUT2D eigenvalue weighted by Gasteiger charge is 2.35. The van der Waals surface area contributed by atoms with Crippen molar-refractivity contribution in [1.29, 1.82) is 0 Å². The summed E-state index contributed by atoms with van der Waals surface area (Å²) in [6.45, 7) is 10.0. The lowest BCUT2D eigenvalue weighted by atomic mass is 10.1. The van der Waals surface area contributed by atoms with Gasteiger partial charge in [0.05, 0.1) is 18.9 Å². The summed E-state index contributed by atoms with van der Waals surface area (Å²) >= 11 is 0. The van der Waals surface area contributed by atoms with Crippen LogP contribution in [0.1, 0.15) is 47.1 Å². The van der Waals surface area contributed by atoms with E-state index in [0.29, 0.717) is 25.2 Å². The lowest BCUT2D eigenvalue weighted by Gasteiger charge is -2.25. The lowest BCUT2D eigenvalue weighted by molar-refractivity contribution is -0.156. The van der Waals surface area contributed by atoms with Crippen molar-refractivity contribution >= 4 is 29.0 Å². The van der Waals surface area contributed by atoms with Crippen LogP contribution in [0.5, 0.6) is 0 Å². The summed E-state index contributed by atoms with van der Waals surface area (Å²) in [5.41, 5.74) is 5.53. The van der Waals surface area contributed by atoms with Gasteiger partial charge in [0.15, 0.2) is 11.2 Å². The minimum absolute atomic E-state index is 0.0166. The first-order chi connectivity index (χ1) is 14.5. The van der Waals surface area contributed by atoms with Crippen molar-refractivity contribution in [3.63, 3.8) is 0 Å². The number of carbonyl (C=O) groups is 2. The number of fused-ring (bicyclic) bond motifs is 1. The second-order valence-electron chi connectivity index (χ2n) is 9.18. The summed E-state index contributed by atoms with van der Waals surface area (Å²) in [7, 11) is 0. The van der Waals surface area contributed by atoms with Crippen LogP contribution in [0.4, 0.5) is 5.95 Å². The molecule has 0 aliphatic carbocycles. The molecule has 3 heterocycles. The van der Waals surface area contributed by atoms with Crippen LogP contribution in [0.15, 0.2) is 11.1 Å². The number of anilines is 1. The van der Waals surface area contributed by atoms with Crippen molar-refractivity contribution in [2.75, 3.05) is 25.0 Å². The molecule has 2 aromatic rings. The molecule has 0 bridgehead atoms. The maximum Gasteiger partial charge on any atom is 0.320 e. The van der Waals surface area contributed by atoms with Gasteiger partial charge in [-0.1, -0.05) is 13.8 Å². The van der Waals surface area contributed by atoms with E-state index in [1.54, 1.807) is 20.2 Å². The van der Waals surface area contributed by atoms with Crippen molar-refractivity contribution in [1.82, 2.24) is 24.4 Å². The minimum atomic E-state index is -0.559. The molecule has 0 unspecified atom stereocenters. The Bertz CT molecular complexity index is 1020. The van der Waals surface area contributed by atoms with Crippen molar-refractivity contribution in [3.8, 4) is 0 Å². The summed E-state index contributed by atoms with van der Waals surface area (Å²) in [6.07, 6.45) is 2.24. The van der Waals surface area contributed by atoms with Gasteiger partial charge >= 0.3 is 5.97 Å². The Hall–Kier alpha value is -2.79. The zero-order valence-corrected chi connectivity index (χ0v) is 18.6. The van der Waals surface area contributed by atoms with Crippen molar-refractivity contribution in [2.24, 2.45) is 11.7 Å². The van der Waals surface area contributed by atoms with Crippen LogP contribution in [0.2, 0.25) is 0 Å². The quantitative estimate of drug-likeness (QED) is 0.562. The monoisotopic (exact) mass is 433 g/mol. The number of hydrogen-bond donors (Lipinski definition) is 3. The SMILES string of the molecule is CC(C)C(=O)Nc1nc2c(ncn2[C@@H]2C[C@H](CN)N(CC(=O)OC(C)(C)C)C2)c(=O)[nH]1. The maximum absolute atomic E-state index is 12.4. The summed E-state index contributed by atoms with van der Waals surface area (Å²) < 4.78 is 7.25. The first-order valence-electron chi connectivity index (χ1n) is 10.4. The Morgan fingerprint density at radius 1 is 1.39 bits per heavy atom. The van der Waals surface area contributed by atoms with Crippen molar-refractivity contribution in [3.05, 3.63) is 16.7 Å². The third-order valence-electron chi connectivity index (χ3n) is 5.12. The van der Waals surface area contributed by atoms with Gasteiger partial charge in [-0.05, 0) is 27.2 Å². The third-order valence-corrected chi connectivity index (χ3v) is 5.12. The molecule has 1 saturated heterocycles. The van der Waals surface area contributed by atoms with Crippen molar-refractivity contribution < 1.29 is 14.3 Å². The summed E-state index contributed by atoms with van der Waals surface area (Å²) in [5, 5.41) is 2.62. The van der Waals surface area contributed by atoms with E-state index in [-0.39, 0.29) is 47.9 Å². The number of imidazole rings is 1. The van der Waals surface area contributed by atoms with Gasteiger partial charge in [0, 0.05) is 25.0 Å². The number of nitrogens with two attached hydrogens (primary N) is 1. The van der Waals surface area contributed by atoms with Gasteiger partial charge in [-0.25, -0.2) is 4.98 Å². The van der Waals surface area contributed by atoms with Crippen molar-refractivity contribution in [2.45, 2.75) is 58.7 Å². The van der Waals surface area contributed by atoms with Gasteiger partial charge in [-0.15, -0.1) is 0 Å². The number of nitrogens with one attached hydrogen (secondary N) is 2. The molecular weight excluding hydrogens is 402 g/mol. The Kier molecular flexibility index (Phi) is 6.46. The number of hydrogen-bond acceptors (Lipinski definition) is 8. The number of carbonyl (C=O) groups excluding carboxylic acids is 2. The van der Waals surface area contributed by atoms with Crippen LogP contribution in [0.25, 0.3) is 11.2 Å². The van der Waals surface area contributed by atoms with Crippen LogP contribution in [-0.4, -0.2) is 67.6 Å². The molecule has 1 amide bonds. The molecule has 4 N–H and O–H groups in total. The fourth-order valence-corrected chi connectivity index (χ4v) is 3.65. The maximum atomic E-state index is 12.4. The van der Waals surface area contributed by atoms with E-state index >= 15 is 0 Å². The Balaban J connectivity index is 1.84. The summed E-state index contributed by atoms with van der Waals surface area (Å²) in [5.74, 6) is -0.735. The fraction of sp³-hybridized carbons (Fsp3) is 0.650. The van der Waals surface area contributed by atoms with E-state index in [1.807, 2.05) is 30.2 Å². The Morgan fingerprint density at radius 2 is 2.10 bits per heavy atom. The minimum Gasteiger partial charge on any atom is -0.459 e. The van der Waals surface area contributed by atoms with Crippen LogP contribution in [0.3, 0.4) is 0 Å². The van der Waals surface area contributed by atoms with E-state index in [9.17, 15) is 14.4 Å². The lowest BCUT2D eigenvalue weighted by Crippen LogP contribution is -2.41. The average Bonchev–Trinajstić information content (AvgIpc) is 3.23.